The van der Waals surface area contributed by atoms with E-state index >= 15 is 0 Å². The smallest absolute Gasteiger partial charge is 0.407 e. The number of hydrogen-bond donors (Lipinski definition) is 1. The quantitative estimate of drug-likeness (QED) is 0.829. The molecule has 0 aromatic heterocycles. The first-order chi connectivity index (χ1) is 9.10. The Morgan fingerprint density at radius 3 is 2.53 bits per heavy atom. The van der Waals surface area contributed by atoms with Gasteiger partial charge in [-0.05, 0) is 29.7 Å². The maximum Gasteiger partial charge on any atom is 0.407 e. The molecule has 1 fully saturated rings. The number of amides is 1. The number of esters is 1. The van der Waals surface area contributed by atoms with Crippen molar-refractivity contribution < 1.29 is 19.4 Å². The lowest BCUT2D eigenvalue weighted by Crippen LogP contribution is -2.25. The van der Waals surface area contributed by atoms with Crippen molar-refractivity contribution in [2.24, 2.45) is 0 Å². The average Bonchev–Trinajstić information content (AvgIpc) is 2.87. The fourth-order valence-electron chi connectivity index (χ4n) is 2.03. The van der Waals surface area contributed by atoms with Gasteiger partial charge >= 0.3 is 12.1 Å². The summed E-state index contributed by atoms with van der Waals surface area (Å²) in [7, 11) is 1.34. The van der Waals surface area contributed by atoms with Gasteiger partial charge in [-0.1, -0.05) is 18.2 Å². The minimum absolute atomic E-state index is 0.364. The number of ether oxygens (including phenoxy) is 1. The van der Waals surface area contributed by atoms with Crippen molar-refractivity contribution in [3.63, 3.8) is 0 Å². The highest BCUT2D eigenvalue weighted by molar-refractivity contribution is 5.89. The van der Waals surface area contributed by atoms with Crippen LogP contribution in [0.2, 0.25) is 0 Å². The molecule has 1 heterocycles. The predicted octanol–water partition coefficient (Wildman–Crippen LogP) is 2.24. The van der Waals surface area contributed by atoms with Gasteiger partial charge in [-0.2, -0.15) is 0 Å². The first kappa shape index (κ1) is 13.1. The fraction of sp³-hybridized carbons (Fsp3) is 0.286. The molecule has 19 heavy (non-hydrogen) atoms. The van der Waals surface area contributed by atoms with Crippen LogP contribution in [-0.4, -0.2) is 42.3 Å². The lowest BCUT2D eigenvalue weighted by molar-refractivity contribution is 0.0600. The molecule has 0 radical (unpaired) electrons. The van der Waals surface area contributed by atoms with Crippen molar-refractivity contribution in [1.29, 1.82) is 0 Å². The third-order valence-electron chi connectivity index (χ3n) is 3.07. The summed E-state index contributed by atoms with van der Waals surface area (Å²) in [4.78, 5) is 23.5. The molecule has 1 amide bonds. The Kier molecular flexibility index (Phi) is 3.85. The van der Waals surface area contributed by atoms with Crippen molar-refractivity contribution in [2.45, 2.75) is 6.42 Å². The number of carbonyl (C=O) groups excluding carboxylic acids is 1. The van der Waals surface area contributed by atoms with Gasteiger partial charge in [-0.3, -0.25) is 0 Å². The molecular formula is C14H15NO4. The topological polar surface area (TPSA) is 66.8 Å². The molecule has 5 nitrogen and oxygen atoms in total. The van der Waals surface area contributed by atoms with Gasteiger partial charge in [0.15, 0.2) is 0 Å². The third kappa shape index (κ3) is 3.13. The van der Waals surface area contributed by atoms with E-state index in [0.29, 0.717) is 18.7 Å². The van der Waals surface area contributed by atoms with Crippen LogP contribution in [0.5, 0.6) is 0 Å². The number of likely N-dealkylation sites (tertiary alicyclic amines) is 1. The first-order valence-electron chi connectivity index (χ1n) is 5.96. The Morgan fingerprint density at radius 1 is 1.32 bits per heavy atom. The number of carbonyl (C=O) groups is 2. The Bertz CT molecular complexity index is 519. The van der Waals surface area contributed by atoms with Crippen LogP contribution in [0.25, 0.3) is 6.08 Å². The summed E-state index contributed by atoms with van der Waals surface area (Å²) in [5, 5.41) is 8.87. The van der Waals surface area contributed by atoms with Gasteiger partial charge < -0.3 is 14.7 Å². The molecule has 0 atom stereocenters. The van der Waals surface area contributed by atoms with Crippen LogP contribution < -0.4 is 0 Å². The van der Waals surface area contributed by atoms with Crippen LogP contribution in [0.1, 0.15) is 22.3 Å². The molecule has 0 unspecified atom stereocenters. The molecule has 0 spiro atoms. The Labute approximate surface area is 111 Å². The summed E-state index contributed by atoms with van der Waals surface area (Å²) in [5.74, 6) is -0.364. The molecule has 0 aliphatic carbocycles. The van der Waals surface area contributed by atoms with Gasteiger partial charge in [-0.25, -0.2) is 9.59 Å². The monoisotopic (exact) mass is 261 g/mol. The van der Waals surface area contributed by atoms with Gasteiger partial charge in [0.25, 0.3) is 0 Å². The van der Waals surface area contributed by atoms with Crippen molar-refractivity contribution >= 4 is 18.1 Å². The van der Waals surface area contributed by atoms with Crippen LogP contribution in [0.3, 0.4) is 0 Å². The Hall–Kier alpha value is -2.30. The molecule has 2 rings (SSSR count). The second-order valence-corrected chi connectivity index (χ2v) is 4.37. The molecule has 0 bridgehead atoms. The summed E-state index contributed by atoms with van der Waals surface area (Å²) in [6, 6.07) is 7.04. The standard InChI is InChI=1S/C14H15NO4/c1-19-13(16)12-4-2-10(3-5-12)8-11-6-7-15(9-11)14(17)18/h2-5,8H,6-7,9H2,1H3,(H,17,18)/b11-8-. The molecule has 1 N–H and O–H groups in total. The highest BCUT2D eigenvalue weighted by Crippen LogP contribution is 2.19. The lowest BCUT2D eigenvalue weighted by atomic mass is 10.1. The van der Waals surface area contributed by atoms with Gasteiger partial charge in [0.2, 0.25) is 0 Å². The van der Waals surface area contributed by atoms with Gasteiger partial charge in [0.1, 0.15) is 0 Å². The van der Waals surface area contributed by atoms with E-state index in [1.165, 1.54) is 12.0 Å². The van der Waals surface area contributed by atoms with E-state index in [9.17, 15) is 9.59 Å². The zero-order chi connectivity index (χ0) is 13.8. The van der Waals surface area contributed by atoms with E-state index in [1.54, 1.807) is 12.1 Å². The normalized spacial score (nSPS) is 16.7. The van der Waals surface area contributed by atoms with E-state index in [2.05, 4.69) is 4.74 Å². The van der Waals surface area contributed by atoms with E-state index in [4.69, 9.17) is 5.11 Å². The zero-order valence-corrected chi connectivity index (χ0v) is 10.6. The molecule has 1 aliphatic rings. The highest BCUT2D eigenvalue weighted by atomic mass is 16.5. The van der Waals surface area contributed by atoms with Crippen molar-refractivity contribution in [1.82, 2.24) is 4.90 Å². The number of carboxylic acid groups (broad SMARTS) is 1. The SMILES string of the molecule is COC(=O)c1ccc(/C=C2/CCN(C(=O)O)C2)cc1. The number of hydrogen-bond acceptors (Lipinski definition) is 3. The lowest BCUT2D eigenvalue weighted by Gasteiger charge is -2.08. The second-order valence-electron chi connectivity index (χ2n) is 4.37. The van der Waals surface area contributed by atoms with Crippen molar-refractivity contribution in [2.75, 3.05) is 20.2 Å². The van der Waals surface area contributed by atoms with Crippen molar-refractivity contribution in [3.8, 4) is 0 Å². The Morgan fingerprint density at radius 2 is 2.00 bits per heavy atom. The van der Waals surface area contributed by atoms with E-state index in [1.807, 2.05) is 18.2 Å². The van der Waals surface area contributed by atoms with Crippen LogP contribution >= 0.6 is 0 Å². The summed E-state index contributed by atoms with van der Waals surface area (Å²) < 4.78 is 4.62. The van der Waals surface area contributed by atoms with E-state index < -0.39 is 6.09 Å². The predicted molar refractivity (Wildman–Crippen MR) is 70.0 cm³/mol. The van der Waals surface area contributed by atoms with Crippen LogP contribution in [0, 0.1) is 0 Å². The number of nitrogens with zero attached hydrogens (tertiary/aromatic N) is 1. The minimum atomic E-state index is -0.885. The maximum atomic E-state index is 11.3. The zero-order valence-electron chi connectivity index (χ0n) is 10.6. The minimum Gasteiger partial charge on any atom is -0.465 e. The van der Waals surface area contributed by atoms with Crippen LogP contribution in [-0.2, 0) is 4.74 Å². The van der Waals surface area contributed by atoms with Gasteiger partial charge in [-0.15, -0.1) is 0 Å². The molecule has 0 saturated carbocycles. The number of benzene rings is 1. The van der Waals surface area contributed by atoms with Crippen LogP contribution in [0.4, 0.5) is 4.79 Å². The largest absolute Gasteiger partial charge is 0.465 e. The van der Waals surface area contributed by atoms with Gasteiger partial charge in [0, 0.05) is 13.1 Å². The Balaban J connectivity index is 2.08. The van der Waals surface area contributed by atoms with Crippen molar-refractivity contribution in [3.05, 3.63) is 41.0 Å². The highest BCUT2D eigenvalue weighted by Gasteiger charge is 2.20. The average molecular weight is 261 g/mol. The molecule has 1 aromatic carbocycles. The number of methoxy groups -OCH3 is 1. The van der Waals surface area contributed by atoms with Gasteiger partial charge in [0.05, 0.1) is 12.7 Å². The molecule has 5 heteroatoms. The van der Waals surface area contributed by atoms with E-state index in [0.717, 1.165) is 17.6 Å². The first-order valence-corrected chi connectivity index (χ1v) is 5.96. The fourth-order valence-corrected chi connectivity index (χ4v) is 2.03. The summed E-state index contributed by atoms with van der Waals surface area (Å²) >= 11 is 0. The third-order valence-corrected chi connectivity index (χ3v) is 3.07. The molecule has 1 saturated heterocycles. The number of rotatable bonds is 2. The van der Waals surface area contributed by atoms with Crippen LogP contribution in [0.15, 0.2) is 29.8 Å². The maximum absolute atomic E-state index is 11.3. The summed E-state index contributed by atoms with van der Waals surface area (Å²) in [6.07, 6.45) is 1.83. The molecule has 1 aliphatic heterocycles. The summed E-state index contributed by atoms with van der Waals surface area (Å²) in [6.45, 7) is 0.996. The molecule has 1 aromatic rings. The molecular weight excluding hydrogens is 246 g/mol. The molecule has 100 valence electrons. The second kappa shape index (κ2) is 5.56. The summed E-state index contributed by atoms with van der Waals surface area (Å²) in [5.41, 5.74) is 2.53. The van der Waals surface area contributed by atoms with E-state index in [-0.39, 0.29) is 5.97 Å².